The van der Waals surface area contributed by atoms with Crippen LogP contribution in [0.2, 0.25) is 0 Å². The highest BCUT2D eigenvalue weighted by Crippen LogP contribution is 2.26. The van der Waals surface area contributed by atoms with Gasteiger partial charge in [0.2, 0.25) is 5.88 Å². The van der Waals surface area contributed by atoms with E-state index in [-0.39, 0.29) is 0 Å². The molecule has 0 aliphatic rings. The van der Waals surface area contributed by atoms with Crippen molar-refractivity contribution in [1.29, 1.82) is 0 Å². The van der Waals surface area contributed by atoms with Gasteiger partial charge in [0.25, 0.3) is 0 Å². The van der Waals surface area contributed by atoms with E-state index >= 15 is 0 Å². The number of ether oxygens (including phenoxy) is 2. The van der Waals surface area contributed by atoms with Crippen LogP contribution < -0.4 is 10.1 Å². The summed E-state index contributed by atoms with van der Waals surface area (Å²) < 4.78 is 11.9. The third-order valence-electron chi connectivity index (χ3n) is 2.63. The highest BCUT2D eigenvalue weighted by atomic mass is 79.9. The quantitative estimate of drug-likeness (QED) is 0.904. The van der Waals surface area contributed by atoms with Crippen LogP contribution in [0.4, 0.5) is 5.82 Å². The Balaban J connectivity index is 2.27. The van der Waals surface area contributed by atoms with Gasteiger partial charge in [-0.1, -0.05) is 15.9 Å². The van der Waals surface area contributed by atoms with Crippen molar-refractivity contribution < 1.29 is 9.47 Å². The van der Waals surface area contributed by atoms with Gasteiger partial charge in [-0.05, 0) is 30.7 Å². The topological polar surface area (TPSA) is 56.3 Å². The van der Waals surface area contributed by atoms with Crippen molar-refractivity contribution in [2.45, 2.75) is 13.5 Å². The minimum atomic E-state index is 0.339. The summed E-state index contributed by atoms with van der Waals surface area (Å²) in [4.78, 5) is 8.59. The van der Waals surface area contributed by atoms with Crippen LogP contribution in [0.15, 0.2) is 28.7 Å². The molecule has 0 atom stereocenters. The maximum atomic E-state index is 5.78. The van der Waals surface area contributed by atoms with Crippen molar-refractivity contribution in [3.63, 3.8) is 0 Å². The number of methoxy groups -OCH3 is 1. The molecule has 0 aliphatic carbocycles. The first-order valence-corrected chi connectivity index (χ1v) is 6.90. The number of hydrogen-bond acceptors (Lipinski definition) is 5. The molecule has 5 nitrogen and oxygen atoms in total. The van der Waals surface area contributed by atoms with E-state index in [1.807, 2.05) is 25.1 Å². The molecule has 0 unspecified atom stereocenters. The first-order valence-electron chi connectivity index (χ1n) is 6.11. The van der Waals surface area contributed by atoms with E-state index in [9.17, 15) is 0 Å². The standard InChI is InChI=1S/C14H16BrN3O2/c1-9-6-10(4-5-11(9)15)20-14-7-12(16-2)17-13(18-14)8-19-3/h4-7H,8H2,1-3H3,(H,16,17,18). The maximum Gasteiger partial charge on any atom is 0.224 e. The second-order valence-corrected chi connectivity index (χ2v) is 5.06. The molecule has 1 heterocycles. The largest absolute Gasteiger partial charge is 0.439 e. The molecule has 0 fully saturated rings. The van der Waals surface area contributed by atoms with E-state index in [4.69, 9.17) is 9.47 Å². The molecule has 0 radical (unpaired) electrons. The van der Waals surface area contributed by atoms with Gasteiger partial charge in [0.1, 0.15) is 18.2 Å². The van der Waals surface area contributed by atoms with Crippen LogP contribution in [0.3, 0.4) is 0 Å². The van der Waals surface area contributed by atoms with Gasteiger partial charge in [-0.3, -0.25) is 0 Å². The van der Waals surface area contributed by atoms with Gasteiger partial charge in [-0.15, -0.1) is 0 Å². The second-order valence-electron chi connectivity index (χ2n) is 4.20. The summed E-state index contributed by atoms with van der Waals surface area (Å²) in [6.45, 7) is 2.34. The lowest BCUT2D eigenvalue weighted by molar-refractivity contribution is 0.177. The number of halogens is 1. The van der Waals surface area contributed by atoms with Gasteiger partial charge >= 0.3 is 0 Å². The average molecular weight is 338 g/mol. The molecule has 0 saturated heterocycles. The van der Waals surface area contributed by atoms with Gasteiger partial charge in [-0.25, -0.2) is 4.98 Å². The van der Waals surface area contributed by atoms with Crippen molar-refractivity contribution in [3.05, 3.63) is 40.1 Å². The number of aryl methyl sites for hydroxylation is 1. The van der Waals surface area contributed by atoms with Crippen LogP contribution in [0.5, 0.6) is 11.6 Å². The summed E-state index contributed by atoms with van der Waals surface area (Å²) in [6.07, 6.45) is 0. The number of rotatable bonds is 5. The van der Waals surface area contributed by atoms with Crippen LogP contribution >= 0.6 is 15.9 Å². The lowest BCUT2D eigenvalue weighted by Crippen LogP contribution is -2.03. The molecule has 1 N–H and O–H groups in total. The summed E-state index contributed by atoms with van der Waals surface area (Å²) in [5.74, 6) is 2.48. The van der Waals surface area contributed by atoms with Crippen LogP contribution in [0.1, 0.15) is 11.4 Å². The van der Waals surface area contributed by atoms with E-state index in [2.05, 4.69) is 31.2 Å². The van der Waals surface area contributed by atoms with Crippen LogP contribution in [0, 0.1) is 6.92 Å². The summed E-state index contributed by atoms with van der Waals surface area (Å²) in [7, 11) is 3.40. The normalized spacial score (nSPS) is 10.4. The smallest absolute Gasteiger partial charge is 0.224 e. The summed E-state index contributed by atoms with van der Waals surface area (Å²) in [5.41, 5.74) is 1.10. The van der Waals surface area contributed by atoms with E-state index in [0.29, 0.717) is 24.1 Å². The lowest BCUT2D eigenvalue weighted by atomic mass is 10.2. The second kappa shape index (κ2) is 6.67. The molecular weight excluding hydrogens is 322 g/mol. The molecule has 2 aromatic rings. The van der Waals surface area contributed by atoms with Crippen molar-refractivity contribution in [2.24, 2.45) is 0 Å². The fraction of sp³-hybridized carbons (Fsp3) is 0.286. The van der Waals surface area contributed by atoms with E-state index in [1.165, 1.54) is 0 Å². The molecule has 1 aromatic carbocycles. The van der Waals surface area contributed by atoms with Crippen molar-refractivity contribution in [3.8, 4) is 11.6 Å². The molecule has 1 aromatic heterocycles. The Kier molecular flexibility index (Phi) is 4.92. The highest BCUT2D eigenvalue weighted by Gasteiger charge is 2.07. The predicted molar refractivity (Wildman–Crippen MR) is 81.2 cm³/mol. The van der Waals surface area contributed by atoms with Crippen molar-refractivity contribution in [2.75, 3.05) is 19.5 Å². The lowest BCUT2D eigenvalue weighted by Gasteiger charge is -2.09. The molecule has 0 saturated carbocycles. The van der Waals surface area contributed by atoms with Gasteiger partial charge in [0.05, 0.1) is 0 Å². The molecule has 0 bridgehead atoms. The van der Waals surface area contributed by atoms with E-state index in [1.54, 1.807) is 20.2 Å². The van der Waals surface area contributed by atoms with Crippen LogP contribution in [-0.2, 0) is 11.3 Å². The number of anilines is 1. The summed E-state index contributed by atoms with van der Waals surface area (Å²) in [5, 5.41) is 2.98. The van der Waals surface area contributed by atoms with Gasteiger partial charge < -0.3 is 14.8 Å². The van der Waals surface area contributed by atoms with Gasteiger partial charge in [-0.2, -0.15) is 4.98 Å². The Morgan fingerprint density at radius 3 is 2.70 bits per heavy atom. The van der Waals surface area contributed by atoms with E-state index in [0.717, 1.165) is 15.8 Å². The summed E-state index contributed by atoms with van der Waals surface area (Å²) in [6, 6.07) is 7.52. The Labute approximate surface area is 126 Å². The fourth-order valence-corrected chi connectivity index (χ4v) is 1.89. The Bertz CT molecular complexity index is 605. The Morgan fingerprint density at radius 2 is 2.05 bits per heavy atom. The van der Waals surface area contributed by atoms with Gasteiger partial charge in [0, 0.05) is 24.7 Å². The van der Waals surface area contributed by atoms with Crippen molar-refractivity contribution >= 4 is 21.7 Å². The zero-order chi connectivity index (χ0) is 14.5. The number of aromatic nitrogens is 2. The summed E-state index contributed by atoms with van der Waals surface area (Å²) >= 11 is 3.46. The number of nitrogens with one attached hydrogen (secondary N) is 1. The third-order valence-corrected chi connectivity index (χ3v) is 3.52. The molecule has 0 spiro atoms. The van der Waals surface area contributed by atoms with Gasteiger partial charge in [0.15, 0.2) is 5.82 Å². The highest BCUT2D eigenvalue weighted by molar-refractivity contribution is 9.10. The number of nitrogens with zero attached hydrogens (tertiary/aromatic N) is 2. The predicted octanol–water partition coefficient (Wildman–Crippen LogP) is 3.53. The monoisotopic (exact) mass is 337 g/mol. The fourth-order valence-electron chi connectivity index (χ4n) is 1.65. The molecule has 0 amide bonds. The van der Waals surface area contributed by atoms with Crippen LogP contribution in [-0.4, -0.2) is 24.1 Å². The Hall–Kier alpha value is -1.66. The average Bonchev–Trinajstić information content (AvgIpc) is 2.43. The third kappa shape index (κ3) is 3.68. The van der Waals surface area contributed by atoms with Crippen molar-refractivity contribution in [1.82, 2.24) is 9.97 Å². The zero-order valence-electron chi connectivity index (χ0n) is 11.6. The number of hydrogen-bond donors (Lipinski definition) is 1. The molecule has 6 heteroatoms. The minimum Gasteiger partial charge on any atom is -0.439 e. The molecular formula is C14H16BrN3O2. The zero-order valence-corrected chi connectivity index (χ0v) is 13.2. The first kappa shape index (κ1) is 14.7. The maximum absolute atomic E-state index is 5.78. The molecule has 20 heavy (non-hydrogen) atoms. The number of benzene rings is 1. The molecule has 2 rings (SSSR count). The minimum absolute atomic E-state index is 0.339. The SMILES string of the molecule is CNc1cc(Oc2ccc(Br)c(C)c2)nc(COC)n1. The van der Waals surface area contributed by atoms with Crippen LogP contribution in [0.25, 0.3) is 0 Å². The first-order chi connectivity index (χ1) is 9.62. The molecule has 0 aliphatic heterocycles. The Morgan fingerprint density at radius 1 is 1.25 bits per heavy atom. The van der Waals surface area contributed by atoms with E-state index < -0.39 is 0 Å². The molecule has 106 valence electrons.